The molecular weight excluding hydrogens is 731 g/mol. The van der Waals surface area contributed by atoms with Crippen molar-refractivity contribution in [2.24, 2.45) is 17.3 Å². The Hall–Kier alpha value is -4.18. The Kier molecular flexibility index (Phi) is 17.9. The third-order valence-electron chi connectivity index (χ3n) is 9.81. The highest BCUT2D eigenvalue weighted by molar-refractivity contribution is 7.81. The summed E-state index contributed by atoms with van der Waals surface area (Å²) in [6, 6.07) is 12.2. The van der Waals surface area contributed by atoms with Gasteiger partial charge in [0.25, 0.3) is 6.47 Å². The van der Waals surface area contributed by atoms with Crippen LogP contribution in [0.2, 0.25) is 0 Å². The summed E-state index contributed by atoms with van der Waals surface area (Å²) in [5, 5.41) is 15.9. The number of thiol groups is 1. The monoisotopic (exact) mass is 786 g/mol. The number of imide groups is 1. The van der Waals surface area contributed by atoms with Crippen molar-refractivity contribution in [3.8, 4) is 11.3 Å². The summed E-state index contributed by atoms with van der Waals surface area (Å²) in [5.41, 5.74) is 0.477. The Bertz CT molecular complexity index is 1710. The van der Waals surface area contributed by atoms with Gasteiger partial charge in [0.05, 0.1) is 23.6 Å². The first-order valence-corrected chi connectivity index (χ1v) is 19.2. The molecular formula is C40H56F2N6O6S. The van der Waals surface area contributed by atoms with Gasteiger partial charge in [-0.3, -0.25) is 24.1 Å². The zero-order chi connectivity index (χ0) is 40.7. The van der Waals surface area contributed by atoms with E-state index in [4.69, 9.17) is 9.72 Å². The number of carbonyl (C=O) groups excluding carboxylic acids is 4. The van der Waals surface area contributed by atoms with E-state index in [-0.39, 0.29) is 42.0 Å². The minimum Gasteiger partial charge on any atom is -0.468 e. The molecule has 1 unspecified atom stereocenters. The van der Waals surface area contributed by atoms with E-state index < -0.39 is 40.9 Å². The maximum absolute atomic E-state index is 14.9. The number of aliphatic hydroxyl groups is 1. The summed E-state index contributed by atoms with van der Waals surface area (Å²) in [5.74, 6) is -1.07. The van der Waals surface area contributed by atoms with E-state index >= 15 is 0 Å². The number of amides is 3. The molecule has 4 atom stereocenters. The number of likely N-dealkylation sites (tertiary alicyclic amines) is 1. The number of hydrogen-bond donors (Lipinski definition) is 4. The van der Waals surface area contributed by atoms with E-state index in [1.807, 2.05) is 62.6 Å². The summed E-state index contributed by atoms with van der Waals surface area (Å²) in [6.45, 7) is 13.2. The van der Waals surface area contributed by atoms with Gasteiger partial charge in [-0.2, -0.15) is 12.6 Å². The zero-order valence-electron chi connectivity index (χ0n) is 32.6. The van der Waals surface area contributed by atoms with E-state index in [0.29, 0.717) is 50.8 Å². The van der Waals surface area contributed by atoms with Crippen LogP contribution in [0.3, 0.4) is 0 Å². The minimum absolute atomic E-state index is 0.00700. The Labute approximate surface area is 328 Å². The van der Waals surface area contributed by atoms with Crippen molar-refractivity contribution in [1.29, 1.82) is 0 Å². The molecule has 1 aromatic heterocycles. The molecule has 15 heteroatoms. The predicted molar refractivity (Wildman–Crippen MR) is 210 cm³/mol. The van der Waals surface area contributed by atoms with E-state index in [2.05, 4.69) is 30.2 Å². The van der Waals surface area contributed by atoms with Crippen LogP contribution in [-0.4, -0.2) is 107 Å². The number of aliphatic hydroxyl groups excluding tert-OH is 1. The molecule has 2 saturated heterocycles. The largest absolute Gasteiger partial charge is 0.468 e. The zero-order valence-corrected chi connectivity index (χ0v) is 33.5. The second-order valence-corrected chi connectivity index (χ2v) is 14.8. The number of benzene rings is 2. The molecule has 0 radical (unpaired) electrons. The third kappa shape index (κ3) is 12.2. The van der Waals surface area contributed by atoms with Crippen LogP contribution in [0.4, 0.5) is 8.78 Å². The Morgan fingerprint density at radius 3 is 2.47 bits per heavy atom. The molecule has 3 aromatic rings. The van der Waals surface area contributed by atoms with Crippen LogP contribution < -0.4 is 10.6 Å². The third-order valence-corrected chi connectivity index (χ3v) is 10.2. The van der Waals surface area contributed by atoms with Gasteiger partial charge in [-0.25, -0.2) is 13.8 Å². The number of likely N-dealkylation sites (N-methyl/N-ethyl adjacent to an activating group) is 1. The molecule has 0 aliphatic carbocycles. The number of nitrogens with one attached hydrogen (secondary N) is 2. The van der Waals surface area contributed by atoms with E-state index in [1.165, 1.54) is 4.90 Å². The normalized spacial score (nSPS) is 18.6. The lowest BCUT2D eigenvalue weighted by Crippen LogP contribution is -2.47. The Morgan fingerprint density at radius 2 is 1.89 bits per heavy atom. The van der Waals surface area contributed by atoms with Crippen LogP contribution in [0.25, 0.3) is 11.3 Å². The number of nitrogens with zero attached hydrogens (tertiary/aromatic N) is 4. The number of hydrogen-bond acceptors (Lipinski definition) is 10. The van der Waals surface area contributed by atoms with Gasteiger partial charge >= 0.3 is 0 Å². The lowest BCUT2D eigenvalue weighted by Gasteiger charge is -2.43. The second-order valence-electron chi connectivity index (χ2n) is 14.1. The lowest BCUT2D eigenvalue weighted by molar-refractivity contribution is -0.142. The maximum Gasteiger partial charge on any atom is 0.293 e. The lowest BCUT2D eigenvalue weighted by atomic mass is 9.79. The average molecular weight is 787 g/mol. The van der Waals surface area contributed by atoms with Crippen molar-refractivity contribution in [3.63, 3.8) is 0 Å². The van der Waals surface area contributed by atoms with Crippen molar-refractivity contribution < 1.29 is 37.8 Å². The molecule has 2 aromatic carbocycles. The van der Waals surface area contributed by atoms with Crippen LogP contribution in [0.5, 0.6) is 0 Å². The Balaban J connectivity index is 0.000000490. The van der Waals surface area contributed by atoms with Gasteiger partial charge in [0.15, 0.2) is 0 Å². The van der Waals surface area contributed by atoms with Gasteiger partial charge in [0, 0.05) is 44.4 Å². The number of carbonyl (C=O) groups is 4. The number of ether oxygens (including phenoxy) is 1. The second kappa shape index (κ2) is 21.8. The van der Waals surface area contributed by atoms with E-state index in [1.54, 1.807) is 18.1 Å². The van der Waals surface area contributed by atoms with Crippen molar-refractivity contribution in [2.45, 2.75) is 65.3 Å². The molecule has 12 nitrogen and oxygen atoms in total. The summed E-state index contributed by atoms with van der Waals surface area (Å²) < 4.78 is 36.1. The highest BCUT2D eigenvalue weighted by Gasteiger charge is 2.43. The number of aromatic nitrogens is 2. The molecule has 302 valence electrons. The molecule has 3 N–H and O–H groups in total. The molecule has 5 rings (SSSR count). The smallest absolute Gasteiger partial charge is 0.293 e. The molecule has 55 heavy (non-hydrogen) atoms. The number of imidazole rings is 1. The first kappa shape index (κ1) is 45.2. The van der Waals surface area contributed by atoms with Crippen LogP contribution in [0, 0.1) is 28.9 Å². The Morgan fingerprint density at radius 1 is 1.18 bits per heavy atom. The highest BCUT2D eigenvalue weighted by atomic mass is 32.1. The SMILES string of the molecule is CC.CNCCN1C(=O)CC(S)C1=O.C[C@H]1CNC[C@H]1CN(C(=O)CO)[C@@H](c1nc(-c2cc(F)ccc2F)cn1Cc1ccccc1)C(C)(C)CCOC=O. The minimum atomic E-state index is -0.708. The summed E-state index contributed by atoms with van der Waals surface area (Å²) in [6.07, 6.45) is 2.30. The number of halogens is 2. The predicted octanol–water partition coefficient (Wildman–Crippen LogP) is 4.47. The molecule has 3 amide bonds. The molecule has 2 aliphatic heterocycles. The topological polar surface area (TPSA) is 146 Å². The molecule has 0 bridgehead atoms. The first-order valence-electron chi connectivity index (χ1n) is 18.7. The molecule has 2 fully saturated rings. The average Bonchev–Trinajstić information content (AvgIpc) is 3.84. The van der Waals surface area contributed by atoms with Gasteiger partial charge < -0.3 is 29.9 Å². The van der Waals surface area contributed by atoms with Gasteiger partial charge in [-0.15, -0.1) is 0 Å². The van der Waals surface area contributed by atoms with Crippen LogP contribution >= 0.6 is 12.6 Å². The fourth-order valence-corrected chi connectivity index (χ4v) is 7.02. The molecule has 2 aliphatic rings. The van der Waals surface area contributed by atoms with Gasteiger partial charge in [0.2, 0.25) is 17.7 Å². The molecule has 3 heterocycles. The van der Waals surface area contributed by atoms with E-state index in [9.17, 15) is 33.1 Å². The first-order chi connectivity index (χ1) is 26.3. The molecule has 0 saturated carbocycles. The van der Waals surface area contributed by atoms with Crippen LogP contribution in [-0.2, 0) is 30.5 Å². The van der Waals surface area contributed by atoms with Crippen molar-refractivity contribution in [2.75, 3.05) is 53.0 Å². The van der Waals surface area contributed by atoms with Gasteiger partial charge in [-0.05, 0) is 67.6 Å². The quantitative estimate of drug-likeness (QED) is 0.0716. The van der Waals surface area contributed by atoms with Gasteiger partial charge in [0.1, 0.15) is 24.1 Å². The fraction of sp³-hybridized carbons (Fsp3) is 0.525. The molecule has 0 spiro atoms. The van der Waals surface area contributed by atoms with Crippen molar-refractivity contribution in [3.05, 3.63) is 77.8 Å². The summed E-state index contributed by atoms with van der Waals surface area (Å²) in [4.78, 5) is 54.5. The van der Waals surface area contributed by atoms with Crippen LogP contribution in [0.1, 0.15) is 64.9 Å². The van der Waals surface area contributed by atoms with Crippen LogP contribution in [0.15, 0.2) is 54.7 Å². The maximum atomic E-state index is 14.9. The summed E-state index contributed by atoms with van der Waals surface area (Å²) in [7, 11) is 1.78. The fourth-order valence-electron chi connectivity index (χ4n) is 6.72. The summed E-state index contributed by atoms with van der Waals surface area (Å²) >= 11 is 4.00. The highest BCUT2D eigenvalue weighted by Crippen LogP contribution is 2.43. The van der Waals surface area contributed by atoms with Crippen molar-refractivity contribution in [1.82, 2.24) is 30.0 Å². The standard InChI is InChI=1S/C31H38F2N4O4.C7H12N2O2S.C2H6/c1-21-14-34-15-23(21)17-37(28(40)19-38)29(31(2,3)11-12-41-20-39)30-35-27(25-13-24(32)9-10-26(25)33)18-36(30)16-22-7-5-4-6-8-22;1-8-2-3-9-6(10)4-5(12)7(9)11;1-2/h4-10,13,18,20-21,23,29,34,38H,11-12,14-17,19H2,1-3H3;5,8,12H,2-4H2,1H3;1-2H3/t21-,23-,29-;;/m0../s1. The van der Waals surface area contributed by atoms with Gasteiger partial charge in [-0.1, -0.05) is 65.0 Å². The van der Waals surface area contributed by atoms with Crippen molar-refractivity contribution >= 4 is 36.8 Å². The van der Waals surface area contributed by atoms with E-state index in [0.717, 1.165) is 36.9 Å². The number of rotatable bonds is 16.